The summed E-state index contributed by atoms with van der Waals surface area (Å²) in [5, 5.41) is -5.04. The van der Waals surface area contributed by atoms with Crippen LogP contribution in [-0.4, -0.2) is 66.7 Å². The van der Waals surface area contributed by atoms with Gasteiger partial charge in [-0.05, 0) is 19.3 Å². The zero-order valence-corrected chi connectivity index (χ0v) is 15.5. The van der Waals surface area contributed by atoms with E-state index in [-0.39, 0.29) is 25.9 Å². The van der Waals surface area contributed by atoms with Crippen LogP contribution in [-0.2, 0) is 29.2 Å². The summed E-state index contributed by atoms with van der Waals surface area (Å²) in [6.45, 7) is 0.122. The number of likely N-dealkylation sites (tertiary alicyclic amines) is 1. The maximum atomic E-state index is 13.7. The van der Waals surface area contributed by atoms with Gasteiger partial charge in [-0.3, -0.25) is 4.79 Å². The maximum absolute atomic E-state index is 13.7. The number of alkyl halides is 5. The van der Waals surface area contributed by atoms with Crippen LogP contribution in [0.1, 0.15) is 25.7 Å². The van der Waals surface area contributed by atoms with Crippen LogP contribution in [0.25, 0.3) is 0 Å². The highest BCUT2D eigenvalue weighted by atomic mass is 32.2. The summed E-state index contributed by atoms with van der Waals surface area (Å²) in [5.41, 5.74) is 0. The van der Waals surface area contributed by atoms with Crippen LogP contribution >= 0.6 is 0 Å². The van der Waals surface area contributed by atoms with Gasteiger partial charge < -0.3 is 18.9 Å². The fraction of sp³-hybridized carbons (Fsp3) is 0.714. The van der Waals surface area contributed by atoms with Crippen LogP contribution in [0.15, 0.2) is 12.4 Å². The van der Waals surface area contributed by atoms with Crippen LogP contribution in [0, 0.1) is 0 Å². The number of carbonyl (C=O) groups excluding carboxylic acids is 2. The molecule has 0 aromatic carbocycles. The Hall–Kier alpha value is -1.87. The minimum absolute atomic E-state index is 0.223. The Kier molecular flexibility index (Phi) is 7.70. The molecule has 1 fully saturated rings. The molecule has 1 rings (SSSR count). The van der Waals surface area contributed by atoms with E-state index in [1.165, 1.54) is 0 Å². The number of halogens is 6. The molecule has 1 aliphatic heterocycles. The Morgan fingerprint density at radius 2 is 1.59 bits per heavy atom. The van der Waals surface area contributed by atoms with Crippen LogP contribution in [0.4, 0.5) is 26.3 Å². The minimum Gasteiger partial charge on any atom is -0.743 e. The van der Waals surface area contributed by atoms with Gasteiger partial charge in [0.15, 0.2) is 10.1 Å². The number of piperidine rings is 1. The summed E-state index contributed by atoms with van der Waals surface area (Å²) in [6, 6.07) is 0. The van der Waals surface area contributed by atoms with Crippen LogP contribution in [0.2, 0.25) is 0 Å². The molecule has 29 heavy (non-hydrogen) atoms. The van der Waals surface area contributed by atoms with Gasteiger partial charge in [-0.15, -0.1) is 0 Å². The summed E-state index contributed by atoms with van der Waals surface area (Å²) in [6.07, 6.45) is -6.85. The van der Waals surface area contributed by atoms with Crippen molar-refractivity contribution in [1.29, 1.82) is 0 Å². The third kappa shape index (κ3) is 5.82. The van der Waals surface area contributed by atoms with E-state index in [1.807, 2.05) is 0 Å². The normalized spacial score (nSPS) is 18.1. The molecule has 0 bridgehead atoms. The molecular weight excluding hydrogens is 440 g/mol. The second-order valence-electron chi connectivity index (χ2n) is 5.95. The molecule has 0 spiro atoms. The molecule has 1 amide bonds. The molecule has 1 unspecified atom stereocenters. The van der Waals surface area contributed by atoms with Gasteiger partial charge in [0.05, 0.1) is 6.61 Å². The Morgan fingerprint density at radius 1 is 1.07 bits per heavy atom. The van der Waals surface area contributed by atoms with E-state index in [0.717, 1.165) is 0 Å². The average molecular weight is 456 g/mol. The summed E-state index contributed by atoms with van der Waals surface area (Å²) >= 11 is 0. The molecule has 0 saturated carbocycles. The molecular formula is C14H16F6NO7S-. The topological polar surface area (TPSA) is 113 Å². The lowest BCUT2D eigenvalue weighted by atomic mass is 10.1. The Balaban J connectivity index is 3.27. The quantitative estimate of drug-likeness (QED) is 0.180. The summed E-state index contributed by atoms with van der Waals surface area (Å²) in [5.74, 6) is -11.0. The van der Waals surface area contributed by atoms with Gasteiger partial charge in [-0.2, -0.15) is 26.3 Å². The molecule has 8 nitrogen and oxygen atoms in total. The van der Waals surface area contributed by atoms with Crippen molar-refractivity contribution in [2.24, 2.45) is 0 Å². The summed E-state index contributed by atoms with van der Waals surface area (Å²) in [4.78, 5) is 24.4. The van der Waals surface area contributed by atoms with Crippen molar-refractivity contribution in [3.8, 4) is 0 Å². The number of rotatable bonds is 8. The molecule has 0 aromatic rings. The van der Waals surface area contributed by atoms with Crippen molar-refractivity contribution in [2.45, 2.75) is 42.9 Å². The highest BCUT2D eigenvalue weighted by molar-refractivity contribution is 7.86. The molecule has 0 radical (unpaired) electrons. The van der Waals surface area contributed by atoms with Crippen LogP contribution in [0.3, 0.4) is 0 Å². The van der Waals surface area contributed by atoms with Crippen molar-refractivity contribution < 1.29 is 58.4 Å². The van der Waals surface area contributed by atoms with Crippen molar-refractivity contribution in [3.63, 3.8) is 0 Å². The molecule has 0 N–H and O–H groups in total. The Bertz CT molecular complexity index is 748. The maximum Gasteiger partial charge on any atom is 0.466 e. The van der Waals surface area contributed by atoms with E-state index in [1.54, 1.807) is 0 Å². The molecule has 1 atom stereocenters. The van der Waals surface area contributed by atoms with Crippen molar-refractivity contribution in [3.05, 3.63) is 12.4 Å². The molecule has 168 valence electrons. The van der Waals surface area contributed by atoms with Gasteiger partial charge >= 0.3 is 29.1 Å². The van der Waals surface area contributed by atoms with Crippen LogP contribution in [0.5, 0.6) is 0 Å². The SMILES string of the molecule is C=C(F)C(=O)OC(OCCC(F)(F)S(=O)(=O)[O-])(C(=O)N1CCCCC1)C(F)(F)F. The predicted octanol–water partition coefficient (Wildman–Crippen LogP) is 1.83. The van der Waals surface area contributed by atoms with Gasteiger partial charge in [0.25, 0.3) is 0 Å². The van der Waals surface area contributed by atoms with Gasteiger partial charge in [-0.25, -0.2) is 13.2 Å². The first-order valence-electron chi connectivity index (χ1n) is 7.96. The molecule has 1 heterocycles. The lowest BCUT2D eigenvalue weighted by Gasteiger charge is -2.38. The highest BCUT2D eigenvalue weighted by Crippen LogP contribution is 2.39. The lowest BCUT2D eigenvalue weighted by Crippen LogP contribution is -2.63. The lowest BCUT2D eigenvalue weighted by molar-refractivity contribution is -0.351. The second-order valence-corrected chi connectivity index (χ2v) is 7.46. The van der Waals surface area contributed by atoms with Crippen molar-refractivity contribution in [1.82, 2.24) is 4.90 Å². The smallest absolute Gasteiger partial charge is 0.466 e. The predicted molar refractivity (Wildman–Crippen MR) is 80.8 cm³/mol. The second kappa shape index (κ2) is 8.87. The molecule has 1 saturated heterocycles. The largest absolute Gasteiger partial charge is 0.743 e. The fourth-order valence-corrected chi connectivity index (χ4v) is 2.66. The number of hydrogen-bond acceptors (Lipinski definition) is 7. The average Bonchev–Trinajstić information content (AvgIpc) is 2.58. The first kappa shape index (κ1) is 25.2. The van der Waals surface area contributed by atoms with E-state index in [9.17, 15) is 48.9 Å². The van der Waals surface area contributed by atoms with Crippen molar-refractivity contribution in [2.75, 3.05) is 19.7 Å². The van der Waals surface area contributed by atoms with E-state index < -0.39 is 58.1 Å². The third-order valence-corrected chi connectivity index (χ3v) is 4.76. The van der Waals surface area contributed by atoms with Crippen molar-refractivity contribution >= 4 is 22.0 Å². The molecule has 1 aliphatic rings. The van der Waals surface area contributed by atoms with E-state index in [2.05, 4.69) is 16.1 Å². The molecule has 15 heteroatoms. The molecule has 0 aromatic heterocycles. The summed E-state index contributed by atoms with van der Waals surface area (Å²) < 4.78 is 120. The van der Waals surface area contributed by atoms with Gasteiger partial charge in [0.1, 0.15) is 0 Å². The number of hydrogen-bond donors (Lipinski definition) is 0. The zero-order valence-electron chi connectivity index (χ0n) is 14.6. The van der Waals surface area contributed by atoms with Gasteiger partial charge in [0.2, 0.25) is 5.83 Å². The Labute approximate surface area is 161 Å². The van der Waals surface area contributed by atoms with Gasteiger partial charge in [0, 0.05) is 19.5 Å². The third-order valence-electron chi connectivity index (χ3n) is 3.82. The number of esters is 1. The highest BCUT2D eigenvalue weighted by Gasteiger charge is 2.67. The summed E-state index contributed by atoms with van der Waals surface area (Å²) in [7, 11) is -6.25. The number of ether oxygens (including phenoxy) is 2. The number of carbonyl (C=O) groups is 2. The fourth-order valence-electron chi connectivity index (χ4n) is 2.33. The monoisotopic (exact) mass is 456 g/mol. The minimum atomic E-state index is -6.25. The van der Waals surface area contributed by atoms with E-state index >= 15 is 0 Å². The first-order valence-corrected chi connectivity index (χ1v) is 9.37. The molecule has 0 aliphatic carbocycles. The first-order chi connectivity index (χ1) is 13.1. The zero-order chi connectivity index (χ0) is 22.7. The van der Waals surface area contributed by atoms with E-state index in [0.29, 0.717) is 11.3 Å². The Morgan fingerprint density at radius 3 is 2.00 bits per heavy atom. The standard InChI is InChI=1S/C14H17F6NO7S/c1-9(15)10(22)28-13(14(18,19)20,11(23)21-6-3-2-4-7-21)27-8-5-12(16,17)29(24,25)26/h1-8H2,(H,24,25,26)/p-1. The van der Waals surface area contributed by atoms with Gasteiger partial charge in [-0.1, -0.05) is 6.58 Å². The number of amides is 1. The van der Waals surface area contributed by atoms with Crippen LogP contribution < -0.4 is 0 Å². The number of nitrogens with zero attached hydrogens (tertiary/aromatic N) is 1. The van der Waals surface area contributed by atoms with E-state index in [4.69, 9.17) is 0 Å².